The average molecular weight is 194 g/mol. The van der Waals surface area contributed by atoms with E-state index < -0.39 is 0 Å². The van der Waals surface area contributed by atoms with Crippen molar-refractivity contribution in [2.24, 2.45) is 0 Å². The fourth-order valence-electron chi connectivity index (χ4n) is 1.94. The van der Waals surface area contributed by atoms with Crippen molar-refractivity contribution >= 4 is 5.82 Å². The molecule has 1 fully saturated rings. The second-order valence-electron chi connectivity index (χ2n) is 4.05. The highest BCUT2D eigenvalue weighted by molar-refractivity contribution is 5.32. The number of nitrogens with zero attached hydrogens (tertiary/aromatic N) is 2. The maximum absolute atomic E-state index is 3.93. The lowest BCUT2D eigenvalue weighted by molar-refractivity contribution is 0.348. The molecule has 0 spiro atoms. The van der Waals surface area contributed by atoms with Gasteiger partial charge >= 0.3 is 0 Å². The number of likely N-dealkylation sites (tertiary alicyclic amines) is 1. The topological polar surface area (TPSA) is 44.0 Å². The van der Waals surface area contributed by atoms with Crippen molar-refractivity contribution in [1.29, 1.82) is 0 Å². The molecule has 1 aromatic heterocycles. The first-order valence-electron chi connectivity index (χ1n) is 5.29. The Morgan fingerprint density at radius 3 is 3.21 bits per heavy atom. The molecular weight excluding hydrogens is 176 g/mol. The maximum Gasteiger partial charge on any atom is 0.121 e. The minimum atomic E-state index is 0.598. The molecule has 14 heavy (non-hydrogen) atoms. The normalized spacial score (nSPS) is 24.5. The van der Waals surface area contributed by atoms with E-state index in [0.29, 0.717) is 6.04 Å². The van der Waals surface area contributed by atoms with Crippen molar-refractivity contribution in [1.82, 2.24) is 15.1 Å². The molecule has 1 aliphatic rings. The van der Waals surface area contributed by atoms with E-state index in [-0.39, 0.29) is 0 Å². The van der Waals surface area contributed by atoms with Gasteiger partial charge in [-0.3, -0.25) is 5.10 Å². The zero-order chi connectivity index (χ0) is 9.80. The highest BCUT2D eigenvalue weighted by Gasteiger charge is 2.14. The molecule has 1 saturated heterocycles. The van der Waals surface area contributed by atoms with Gasteiger partial charge in [0.15, 0.2) is 0 Å². The van der Waals surface area contributed by atoms with Crippen LogP contribution in [0.1, 0.15) is 19.3 Å². The lowest BCUT2D eigenvalue weighted by atomic mass is 10.1. The van der Waals surface area contributed by atoms with Gasteiger partial charge in [-0.05, 0) is 45.5 Å². The van der Waals surface area contributed by atoms with E-state index in [1.165, 1.54) is 32.4 Å². The maximum atomic E-state index is 3.93. The Hall–Kier alpha value is -1.03. The van der Waals surface area contributed by atoms with Crippen LogP contribution in [0.4, 0.5) is 5.82 Å². The monoisotopic (exact) mass is 194 g/mol. The first-order chi connectivity index (χ1) is 6.84. The van der Waals surface area contributed by atoms with E-state index in [0.717, 1.165) is 5.82 Å². The van der Waals surface area contributed by atoms with E-state index in [9.17, 15) is 0 Å². The molecule has 0 aliphatic carbocycles. The van der Waals surface area contributed by atoms with Crippen molar-refractivity contribution in [2.75, 3.05) is 25.5 Å². The quantitative estimate of drug-likeness (QED) is 0.746. The number of hydrogen-bond acceptors (Lipinski definition) is 3. The van der Waals surface area contributed by atoms with Crippen LogP contribution < -0.4 is 5.32 Å². The predicted octanol–water partition coefficient (Wildman–Crippen LogP) is 1.31. The molecule has 2 N–H and O–H groups in total. The molecule has 4 nitrogen and oxygen atoms in total. The summed E-state index contributed by atoms with van der Waals surface area (Å²) in [4.78, 5) is 2.40. The van der Waals surface area contributed by atoms with Crippen LogP contribution in [0.25, 0.3) is 0 Å². The molecule has 0 saturated carbocycles. The second kappa shape index (κ2) is 4.46. The lowest BCUT2D eigenvalue weighted by Gasteiger charge is -2.16. The third-order valence-corrected chi connectivity index (χ3v) is 2.81. The lowest BCUT2D eigenvalue weighted by Crippen LogP contribution is -2.23. The van der Waals surface area contributed by atoms with Crippen LogP contribution >= 0.6 is 0 Å². The summed E-state index contributed by atoms with van der Waals surface area (Å²) in [6.45, 7) is 2.41. The summed E-state index contributed by atoms with van der Waals surface area (Å²) < 4.78 is 0. The Labute approximate surface area is 84.7 Å². The van der Waals surface area contributed by atoms with E-state index in [2.05, 4.69) is 27.5 Å². The molecule has 1 atom stereocenters. The SMILES string of the molecule is CN1CCCC(Nc2ccn[nH]2)CC1. The van der Waals surface area contributed by atoms with Crippen LogP contribution in [0, 0.1) is 0 Å². The Morgan fingerprint density at radius 2 is 2.43 bits per heavy atom. The minimum Gasteiger partial charge on any atom is -0.368 e. The summed E-state index contributed by atoms with van der Waals surface area (Å²) in [5, 5.41) is 10.3. The molecule has 1 aromatic rings. The summed E-state index contributed by atoms with van der Waals surface area (Å²) in [5.41, 5.74) is 0. The number of nitrogens with one attached hydrogen (secondary N) is 2. The van der Waals surface area contributed by atoms with Crippen LogP contribution in [0.5, 0.6) is 0 Å². The van der Waals surface area contributed by atoms with Gasteiger partial charge in [0, 0.05) is 6.04 Å². The third-order valence-electron chi connectivity index (χ3n) is 2.81. The van der Waals surface area contributed by atoms with Gasteiger partial charge in [-0.25, -0.2) is 0 Å². The molecule has 2 rings (SSSR count). The predicted molar refractivity (Wildman–Crippen MR) is 57.3 cm³/mol. The first kappa shape index (κ1) is 9.52. The van der Waals surface area contributed by atoms with Crippen LogP contribution in [0.3, 0.4) is 0 Å². The van der Waals surface area contributed by atoms with Crippen molar-refractivity contribution in [3.8, 4) is 0 Å². The Kier molecular flexibility index (Phi) is 3.03. The summed E-state index contributed by atoms with van der Waals surface area (Å²) >= 11 is 0. The molecule has 0 aromatic carbocycles. The van der Waals surface area contributed by atoms with Gasteiger partial charge in [-0.2, -0.15) is 5.10 Å². The van der Waals surface area contributed by atoms with E-state index in [4.69, 9.17) is 0 Å². The largest absolute Gasteiger partial charge is 0.368 e. The third kappa shape index (κ3) is 2.48. The van der Waals surface area contributed by atoms with Crippen LogP contribution in [0.15, 0.2) is 12.3 Å². The summed E-state index contributed by atoms with van der Waals surface area (Å²) in [6, 6.07) is 2.58. The average Bonchev–Trinajstić information content (AvgIpc) is 2.58. The van der Waals surface area contributed by atoms with E-state index >= 15 is 0 Å². The molecule has 0 radical (unpaired) electrons. The summed E-state index contributed by atoms with van der Waals surface area (Å²) in [7, 11) is 2.19. The van der Waals surface area contributed by atoms with Crippen LogP contribution in [-0.4, -0.2) is 41.3 Å². The highest BCUT2D eigenvalue weighted by atomic mass is 15.2. The van der Waals surface area contributed by atoms with Crippen molar-refractivity contribution in [3.63, 3.8) is 0 Å². The fourth-order valence-corrected chi connectivity index (χ4v) is 1.94. The van der Waals surface area contributed by atoms with Gasteiger partial charge in [0.05, 0.1) is 6.20 Å². The van der Waals surface area contributed by atoms with E-state index in [1.807, 2.05) is 6.07 Å². The fraction of sp³-hybridized carbons (Fsp3) is 0.700. The zero-order valence-electron chi connectivity index (χ0n) is 8.66. The van der Waals surface area contributed by atoms with Gasteiger partial charge in [0.25, 0.3) is 0 Å². The molecular formula is C10H18N4. The molecule has 0 amide bonds. The minimum absolute atomic E-state index is 0.598. The van der Waals surface area contributed by atoms with Gasteiger partial charge in [0.2, 0.25) is 0 Å². The summed E-state index contributed by atoms with van der Waals surface area (Å²) in [5.74, 6) is 1.04. The molecule has 4 heteroatoms. The Balaban J connectivity index is 1.86. The molecule has 1 unspecified atom stereocenters. The number of anilines is 1. The van der Waals surface area contributed by atoms with Crippen molar-refractivity contribution < 1.29 is 0 Å². The van der Waals surface area contributed by atoms with Crippen LogP contribution in [0.2, 0.25) is 0 Å². The van der Waals surface area contributed by atoms with Crippen molar-refractivity contribution in [2.45, 2.75) is 25.3 Å². The summed E-state index contributed by atoms with van der Waals surface area (Å²) in [6.07, 6.45) is 5.53. The zero-order valence-corrected chi connectivity index (χ0v) is 8.66. The van der Waals surface area contributed by atoms with Crippen LogP contribution in [-0.2, 0) is 0 Å². The van der Waals surface area contributed by atoms with Gasteiger partial charge < -0.3 is 10.2 Å². The molecule has 1 aliphatic heterocycles. The Morgan fingerprint density at radius 1 is 1.50 bits per heavy atom. The van der Waals surface area contributed by atoms with Gasteiger partial charge in [0.1, 0.15) is 5.82 Å². The Bertz CT molecular complexity index is 257. The first-order valence-corrected chi connectivity index (χ1v) is 5.29. The number of aromatic amines is 1. The number of hydrogen-bond donors (Lipinski definition) is 2. The molecule has 0 bridgehead atoms. The number of rotatable bonds is 2. The second-order valence-corrected chi connectivity index (χ2v) is 4.05. The van der Waals surface area contributed by atoms with Gasteiger partial charge in [-0.15, -0.1) is 0 Å². The van der Waals surface area contributed by atoms with Gasteiger partial charge in [-0.1, -0.05) is 0 Å². The smallest absolute Gasteiger partial charge is 0.121 e. The molecule has 78 valence electrons. The molecule has 2 heterocycles. The number of aromatic nitrogens is 2. The standard InChI is InChI=1S/C10H18N4/c1-14-7-2-3-9(5-8-14)12-10-4-6-11-13-10/h4,6,9H,2-3,5,7-8H2,1H3,(H2,11,12,13). The highest BCUT2D eigenvalue weighted by Crippen LogP contribution is 2.13. The van der Waals surface area contributed by atoms with E-state index in [1.54, 1.807) is 6.20 Å². The number of H-pyrrole nitrogens is 1. The van der Waals surface area contributed by atoms with Crippen molar-refractivity contribution in [3.05, 3.63) is 12.3 Å².